The largest absolute Gasteiger partial charge is 0.339 e. The number of nitrogens with two attached hydrogens (primary N) is 1. The van der Waals surface area contributed by atoms with Gasteiger partial charge in [0.25, 0.3) is 5.91 Å². The third kappa shape index (κ3) is 3.11. The van der Waals surface area contributed by atoms with Gasteiger partial charge in [0.05, 0.1) is 5.56 Å². The van der Waals surface area contributed by atoms with Gasteiger partial charge >= 0.3 is 0 Å². The van der Waals surface area contributed by atoms with Crippen LogP contribution in [-0.4, -0.2) is 32.3 Å². The predicted molar refractivity (Wildman–Crippen MR) is 72.5 cm³/mol. The van der Waals surface area contributed by atoms with E-state index in [2.05, 4.69) is 0 Å². The number of amides is 1. The Kier molecular flexibility index (Phi) is 4.31. The Bertz CT molecular complexity index is 642. The van der Waals surface area contributed by atoms with Crippen molar-refractivity contribution in [1.29, 1.82) is 0 Å². The van der Waals surface area contributed by atoms with Gasteiger partial charge in [-0.1, -0.05) is 11.6 Å². The molecule has 1 heterocycles. The molecule has 0 saturated carbocycles. The Hall–Kier alpha value is -1.18. The first-order chi connectivity index (χ1) is 9.30. The lowest BCUT2D eigenvalue weighted by Crippen LogP contribution is -2.36. The summed E-state index contributed by atoms with van der Waals surface area (Å²) >= 11 is 5.75. The molecule has 0 unspecified atom stereocenters. The Labute approximate surface area is 121 Å². The van der Waals surface area contributed by atoms with Crippen molar-refractivity contribution in [3.05, 3.63) is 28.5 Å². The van der Waals surface area contributed by atoms with Crippen LogP contribution in [0.25, 0.3) is 0 Å². The first-order valence-corrected chi connectivity index (χ1v) is 8.04. The number of piperidine rings is 1. The van der Waals surface area contributed by atoms with Gasteiger partial charge in [-0.2, -0.15) is 0 Å². The number of likely N-dealkylation sites (tertiary alicyclic amines) is 1. The number of sulfonamides is 1. The van der Waals surface area contributed by atoms with Gasteiger partial charge in [0.15, 0.2) is 5.82 Å². The van der Waals surface area contributed by atoms with E-state index in [4.69, 9.17) is 16.7 Å². The van der Waals surface area contributed by atoms with Gasteiger partial charge in [0.2, 0.25) is 10.0 Å². The van der Waals surface area contributed by atoms with Crippen molar-refractivity contribution >= 4 is 27.5 Å². The lowest BCUT2D eigenvalue weighted by Gasteiger charge is -2.27. The van der Waals surface area contributed by atoms with Crippen LogP contribution in [0.15, 0.2) is 17.0 Å². The zero-order valence-corrected chi connectivity index (χ0v) is 12.2. The molecule has 1 aromatic carbocycles. The van der Waals surface area contributed by atoms with E-state index >= 15 is 0 Å². The summed E-state index contributed by atoms with van der Waals surface area (Å²) in [5, 5.41) is 4.88. The SMILES string of the molecule is NS(=O)(=O)c1cc(Cl)cc(C(=O)N2CCCCC2)c1F. The molecule has 0 aromatic heterocycles. The molecule has 1 aromatic rings. The highest BCUT2D eigenvalue weighted by molar-refractivity contribution is 7.89. The maximum Gasteiger partial charge on any atom is 0.256 e. The summed E-state index contributed by atoms with van der Waals surface area (Å²) in [6.07, 6.45) is 2.70. The van der Waals surface area contributed by atoms with Crippen molar-refractivity contribution in [2.45, 2.75) is 24.2 Å². The second kappa shape index (κ2) is 5.67. The van der Waals surface area contributed by atoms with Crippen LogP contribution >= 0.6 is 11.6 Å². The average molecular weight is 321 g/mol. The van der Waals surface area contributed by atoms with E-state index in [-0.39, 0.29) is 10.6 Å². The van der Waals surface area contributed by atoms with Crippen LogP contribution in [0.3, 0.4) is 0 Å². The fourth-order valence-electron chi connectivity index (χ4n) is 2.19. The Morgan fingerprint density at radius 2 is 1.85 bits per heavy atom. The molecule has 0 spiro atoms. The lowest BCUT2D eigenvalue weighted by atomic mass is 10.1. The van der Waals surface area contributed by atoms with Crippen molar-refractivity contribution in [1.82, 2.24) is 4.90 Å². The van der Waals surface area contributed by atoms with E-state index in [1.54, 1.807) is 0 Å². The monoisotopic (exact) mass is 320 g/mol. The summed E-state index contributed by atoms with van der Waals surface area (Å²) in [4.78, 5) is 13.0. The van der Waals surface area contributed by atoms with Gasteiger partial charge in [0, 0.05) is 18.1 Å². The van der Waals surface area contributed by atoms with Gasteiger partial charge < -0.3 is 4.90 Å². The maximum absolute atomic E-state index is 14.2. The van der Waals surface area contributed by atoms with Gasteiger partial charge in [-0.05, 0) is 31.4 Å². The summed E-state index contributed by atoms with van der Waals surface area (Å²) in [5.41, 5.74) is -0.358. The van der Waals surface area contributed by atoms with Crippen LogP contribution in [0.4, 0.5) is 4.39 Å². The van der Waals surface area contributed by atoms with Crippen LogP contribution in [0.2, 0.25) is 5.02 Å². The van der Waals surface area contributed by atoms with Crippen molar-refractivity contribution in [2.24, 2.45) is 5.14 Å². The molecule has 0 bridgehead atoms. The van der Waals surface area contributed by atoms with E-state index in [1.165, 1.54) is 4.90 Å². The quantitative estimate of drug-likeness (QED) is 0.901. The smallest absolute Gasteiger partial charge is 0.256 e. The molecule has 1 amide bonds. The molecule has 2 rings (SSSR count). The molecule has 2 N–H and O–H groups in total. The van der Waals surface area contributed by atoms with Crippen LogP contribution in [0, 0.1) is 5.82 Å². The summed E-state index contributed by atoms with van der Waals surface area (Å²) in [6.45, 7) is 1.05. The zero-order valence-electron chi connectivity index (χ0n) is 10.6. The van der Waals surface area contributed by atoms with Crippen LogP contribution < -0.4 is 5.14 Å². The van der Waals surface area contributed by atoms with E-state index in [0.29, 0.717) is 13.1 Å². The van der Waals surface area contributed by atoms with E-state index in [9.17, 15) is 17.6 Å². The molecule has 0 radical (unpaired) electrons. The van der Waals surface area contributed by atoms with Gasteiger partial charge in [0.1, 0.15) is 4.90 Å². The second-order valence-corrected chi connectivity index (χ2v) is 6.63. The van der Waals surface area contributed by atoms with Crippen LogP contribution in [0.5, 0.6) is 0 Å². The zero-order chi connectivity index (χ0) is 14.9. The minimum Gasteiger partial charge on any atom is -0.339 e. The molecule has 1 fully saturated rings. The molecule has 8 heteroatoms. The number of nitrogens with zero attached hydrogens (tertiary/aromatic N) is 1. The van der Waals surface area contributed by atoms with Crippen molar-refractivity contribution in [2.75, 3.05) is 13.1 Å². The summed E-state index contributed by atoms with van der Waals surface area (Å²) in [5.74, 6) is -1.71. The van der Waals surface area contributed by atoms with Crippen LogP contribution in [-0.2, 0) is 10.0 Å². The highest BCUT2D eigenvalue weighted by Gasteiger charge is 2.26. The number of halogens is 2. The number of benzene rings is 1. The van der Waals surface area contributed by atoms with Crippen LogP contribution in [0.1, 0.15) is 29.6 Å². The van der Waals surface area contributed by atoms with E-state index in [1.807, 2.05) is 0 Å². The minimum absolute atomic E-state index is 0.0456. The highest BCUT2D eigenvalue weighted by Crippen LogP contribution is 2.25. The molecule has 5 nitrogen and oxygen atoms in total. The lowest BCUT2D eigenvalue weighted by molar-refractivity contribution is 0.0719. The Morgan fingerprint density at radius 1 is 1.25 bits per heavy atom. The second-order valence-electron chi connectivity index (χ2n) is 4.66. The summed E-state index contributed by atoms with van der Waals surface area (Å²) in [7, 11) is -4.27. The molecule has 1 aliphatic heterocycles. The third-order valence-corrected chi connectivity index (χ3v) is 4.31. The van der Waals surface area contributed by atoms with Gasteiger partial charge in [-0.25, -0.2) is 17.9 Å². The standard InChI is InChI=1S/C12H14ClFN2O3S/c13-8-6-9(11(14)10(7-8)20(15,18)19)12(17)16-4-2-1-3-5-16/h6-7H,1-5H2,(H2,15,18,19). The molecular formula is C12H14ClFN2O3S. The van der Waals surface area contributed by atoms with E-state index < -0.39 is 26.6 Å². The van der Waals surface area contributed by atoms with Crippen molar-refractivity contribution in [3.8, 4) is 0 Å². The van der Waals surface area contributed by atoms with Gasteiger partial charge in [-0.3, -0.25) is 4.79 Å². The Morgan fingerprint density at radius 3 is 2.40 bits per heavy atom. The Balaban J connectivity index is 2.46. The molecule has 1 saturated heterocycles. The fraction of sp³-hybridized carbons (Fsp3) is 0.417. The van der Waals surface area contributed by atoms with Gasteiger partial charge in [-0.15, -0.1) is 0 Å². The fourth-order valence-corrected chi connectivity index (χ4v) is 3.13. The summed E-state index contributed by atoms with van der Waals surface area (Å²) in [6, 6.07) is 2.03. The number of rotatable bonds is 2. The molecular weight excluding hydrogens is 307 g/mol. The molecule has 0 atom stereocenters. The number of carbonyl (C=O) groups excluding carboxylic acids is 1. The number of carbonyl (C=O) groups is 1. The topological polar surface area (TPSA) is 80.5 Å². The number of hydrogen-bond donors (Lipinski definition) is 1. The van der Waals surface area contributed by atoms with Crippen molar-refractivity contribution in [3.63, 3.8) is 0 Å². The molecule has 110 valence electrons. The first-order valence-electron chi connectivity index (χ1n) is 6.12. The van der Waals surface area contributed by atoms with E-state index in [0.717, 1.165) is 31.4 Å². The number of hydrogen-bond acceptors (Lipinski definition) is 3. The molecule has 20 heavy (non-hydrogen) atoms. The predicted octanol–water partition coefficient (Wildman–Crippen LogP) is 1.75. The first kappa shape index (κ1) is 15.2. The van der Waals surface area contributed by atoms with Crippen molar-refractivity contribution < 1.29 is 17.6 Å². The maximum atomic E-state index is 14.2. The number of primary sulfonamides is 1. The molecule has 0 aliphatic carbocycles. The summed E-state index contributed by atoms with van der Waals surface area (Å²) < 4.78 is 36.8. The minimum atomic E-state index is -4.27. The third-order valence-electron chi connectivity index (χ3n) is 3.18. The average Bonchev–Trinajstić information content (AvgIpc) is 2.40. The highest BCUT2D eigenvalue weighted by atomic mass is 35.5. The normalized spacial score (nSPS) is 16.2. The molecule has 1 aliphatic rings.